The zero-order valence-electron chi connectivity index (χ0n) is 14.7. The van der Waals surface area contributed by atoms with E-state index in [1.54, 1.807) is 4.90 Å². The number of hydrogen-bond acceptors (Lipinski definition) is 3. The monoisotopic (exact) mass is 394 g/mol. The van der Waals surface area contributed by atoms with Crippen molar-refractivity contribution in [3.63, 3.8) is 0 Å². The van der Waals surface area contributed by atoms with Crippen LogP contribution in [0.2, 0.25) is 0 Å². The number of nitrogens with zero attached hydrogens (tertiary/aromatic N) is 2. The highest BCUT2D eigenvalue weighted by molar-refractivity contribution is 5.96. The van der Waals surface area contributed by atoms with Crippen molar-refractivity contribution in [3.8, 4) is 0 Å². The summed E-state index contributed by atoms with van der Waals surface area (Å²) in [6, 6.07) is 9.39. The van der Waals surface area contributed by atoms with E-state index < -0.39 is 11.6 Å². The first kappa shape index (κ1) is 19.4. The lowest BCUT2D eigenvalue weighted by Crippen LogP contribution is -2.46. The largest absolute Gasteiger partial charge is 0.369 e. The first-order valence-electron chi connectivity index (χ1n) is 8.70. The molecular weight excluding hydrogens is 374 g/mol. The smallest absolute Gasteiger partial charge is 0.322 e. The molecule has 2 heterocycles. The SMILES string of the molecule is Cl.O=C1NCc2c(N3CCNCC3)cccc2N1Cc1ccc(F)c(F)c1. The Morgan fingerprint density at radius 2 is 1.74 bits per heavy atom. The molecule has 5 nitrogen and oxygen atoms in total. The van der Waals surface area contributed by atoms with Crippen molar-refractivity contribution >= 4 is 29.8 Å². The van der Waals surface area contributed by atoms with Gasteiger partial charge in [-0.25, -0.2) is 13.6 Å². The summed E-state index contributed by atoms with van der Waals surface area (Å²) in [5.41, 5.74) is 3.52. The van der Waals surface area contributed by atoms with Crippen LogP contribution in [0.5, 0.6) is 0 Å². The Bertz CT molecular complexity index is 842. The molecule has 27 heavy (non-hydrogen) atoms. The fourth-order valence-electron chi connectivity index (χ4n) is 3.55. The van der Waals surface area contributed by atoms with Crippen LogP contribution in [0, 0.1) is 11.6 Å². The molecule has 0 saturated carbocycles. The molecule has 0 bridgehead atoms. The average molecular weight is 395 g/mol. The van der Waals surface area contributed by atoms with E-state index in [4.69, 9.17) is 0 Å². The highest BCUT2D eigenvalue weighted by atomic mass is 35.5. The van der Waals surface area contributed by atoms with Crippen LogP contribution in [0.15, 0.2) is 36.4 Å². The fraction of sp³-hybridized carbons (Fsp3) is 0.316. The summed E-state index contributed by atoms with van der Waals surface area (Å²) in [4.78, 5) is 16.3. The van der Waals surface area contributed by atoms with Gasteiger partial charge in [0.1, 0.15) is 0 Å². The number of nitrogens with one attached hydrogen (secondary N) is 2. The number of benzene rings is 2. The van der Waals surface area contributed by atoms with Crippen molar-refractivity contribution < 1.29 is 13.6 Å². The molecule has 2 aromatic carbocycles. The van der Waals surface area contributed by atoms with Gasteiger partial charge in [0, 0.05) is 44.0 Å². The third-order valence-electron chi connectivity index (χ3n) is 4.86. The Hall–Kier alpha value is -2.38. The Kier molecular flexibility index (Phi) is 5.82. The quantitative estimate of drug-likeness (QED) is 0.841. The van der Waals surface area contributed by atoms with Crippen LogP contribution in [-0.2, 0) is 13.1 Å². The molecule has 1 saturated heterocycles. The van der Waals surface area contributed by atoms with Crippen molar-refractivity contribution in [2.24, 2.45) is 0 Å². The Morgan fingerprint density at radius 3 is 2.48 bits per heavy atom. The Morgan fingerprint density at radius 1 is 1.00 bits per heavy atom. The molecule has 0 aromatic heterocycles. The number of urea groups is 1. The minimum atomic E-state index is -0.908. The summed E-state index contributed by atoms with van der Waals surface area (Å²) in [5, 5.41) is 6.23. The molecule has 0 unspecified atom stereocenters. The van der Waals surface area contributed by atoms with Crippen LogP contribution in [0.25, 0.3) is 0 Å². The summed E-state index contributed by atoms with van der Waals surface area (Å²) in [7, 11) is 0. The van der Waals surface area contributed by atoms with Gasteiger partial charge in [-0.15, -0.1) is 12.4 Å². The van der Waals surface area contributed by atoms with Gasteiger partial charge in [-0.05, 0) is 29.8 Å². The fourth-order valence-corrected chi connectivity index (χ4v) is 3.55. The first-order chi connectivity index (χ1) is 12.6. The predicted molar refractivity (Wildman–Crippen MR) is 104 cm³/mol. The standard InChI is InChI=1S/C19H20F2N4O.ClH/c20-15-5-4-13(10-16(15)21)12-25-18-3-1-2-17(14(18)11-23-19(25)26)24-8-6-22-7-9-24;/h1-5,10,22H,6-9,11-12H2,(H,23,26);1H. The van der Waals surface area contributed by atoms with Crippen LogP contribution >= 0.6 is 12.4 Å². The third kappa shape index (κ3) is 3.84. The lowest BCUT2D eigenvalue weighted by molar-refractivity contribution is 0.244. The number of piperazine rings is 1. The van der Waals surface area contributed by atoms with Gasteiger partial charge in [0.05, 0.1) is 12.2 Å². The molecule has 4 rings (SSSR count). The van der Waals surface area contributed by atoms with E-state index in [1.807, 2.05) is 12.1 Å². The lowest BCUT2D eigenvalue weighted by atomic mass is 10.0. The minimum absolute atomic E-state index is 0. The molecular formula is C19H21ClF2N4O. The molecule has 0 atom stereocenters. The average Bonchev–Trinajstić information content (AvgIpc) is 2.67. The molecule has 2 aliphatic heterocycles. The summed E-state index contributed by atoms with van der Waals surface area (Å²) in [5.74, 6) is -1.80. The molecule has 144 valence electrons. The van der Waals surface area contributed by atoms with E-state index in [2.05, 4.69) is 21.6 Å². The highest BCUT2D eigenvalue weighted by Crippen LogP contribution is 2.34. The number of rotatable bonds is 3. The van der Waals surface area contributed by atoms with Crippen LogP contribution in [0.3, 0.4) is 0 Å². The molecule has 2 aromatic rings. The van der Waals surface area contributed by atoms with Gasteiger partial charge >= 0.3 is 6.03 Å². The third-order valence-corrected chi connectivity index (χ3v) is 4.86. The van der Waals surface area contributed by atoms with E-state index >= 15 is 0 Å². The number of fused-ring (bicyclic) bond motifs is 1. The maximum absolute atomic E-state index is 13.5. The van der Waals surface area contributed by atoms with Gasteiger partial charge in [0.2, 0.25) is 0 Å². The zero-order chi connectivity index (χ0) is 18.1. The number of carbonyl (C=O) groups is 1. The van der Waals surface area contributed by atoms with Crippen LogP contribution < -0.4 is 20.4 Å². The molecule has 0 radical (unpaired) electrons. The Balaban J connectivity index is 0.00000210. The van der Waals surface area contributed by atoms with Gasteiger partial charge in [-0.1, -0.05) is 12.1 Å². The molecule has 1 fully saturated rings. The number of hydrogen-bond donors (Lipinski definition) is 2. The van der Waals surface area contributed by atoms with E-state index in [-0.39, 0.29) is 25.0 Å². The first-order valence-corrected chi connectivity index (χ1v) is 8.70. The normalized spacial score (nSPS) is 16.4. The second-order valence-electron chi connectivity index (χ2n) is 6.51. The second kappa shape index (κ2) is 8.10. The molecule has 0 aliphatic carbocycles. The van der Waals surface area contributed by atoms with Crippen molar-refractivity contribution in [2.45, 2.75) is 13.1 Å². The number of carbonyl (C=O) groups excluding carboxylic acids is 1. The summed E-state index contributed by atoms with van der Waals surface area (Å²) >= 11 is 0. The van der Waals surface area contributed by atoms with E-state index in [1.165, 1.54) is 6.07 Å². The topological polar surface area (TPSA) is 47.6 Å². The molecule has 0 spiro atoms. The van der Waals surface area contributed by atoms with Gasteiger partial charge in [-0.3, -0.25) is 4.90 Å². The maximum atomic E-state index is 13.5. The van der Waals surface area contributed by atoms with Crippen molar-refractivity contribution in [3.05, 3.63) is 59.2 Å². The van der Waals surface area contributed by atoms with Gasteiger partial charge in [0.15, 0.2) is 11.6 Å². The zero-order valence-corrected chi connectivity index (χ0v) is 15.5. The van der Waals surface area contributed by atoms with E-state index in [9.17, 15) is 13.6 Å². The summed E-state index contributed by atoms with van der Waals surface area (Å²) in [6.45, 7) is 4.31. The predicted octanol–water partition coefficient (Wildman–Crippen LogP) is 3.03. The van der Waals surface area contributed by atoms with Gasteiger partial charge in [-0.2, -0.15) is 0 Å². The van der Waals surface area contributed by atoms with Crippen LogP contribution in [0.4, 0.5) is 25.0 Å². The van der Waals surface area contributed by atoms with Crippen molar-refractivity contribution in [1.29, 1.82) is 0 Å². The molecule has 2 amide bonds. The molecule has 2 aliphatic rings. The number of halogens is 3. The number of anilines is 2. The summed E-state index contributed by atoms with van der Waals surface area (Å²) in [6.07, 6.45) is 0. The van der Waals surface area contributed by atoms with Gasteiger partial charge in [0.25, 0.3) is 0 Å². The van der Waals surface area contributed by atoms with E-state index in [0.717, 1.165) is 55.2 Å². The number of amides is 2. The molecule has 8 heteroatoms. The second-order valence-corrected chi connectivity index (χ2v) is 6.51. The van der Waals surface area contributed by atoms with Crippen LogP contribution in [-0.4, -0.2) is 32.2 Å². The van der Waals surface area contributed by atoms with Crippen molar-refractivity contribution in [2.75, 3.05) is 36.0 Å². The van der Waals surface area contributed by atoms with Crippen LogP contribution in [0.1, 0.15) is 11.1 Å². The van der Waals surface area contributed by atoms with E-state index in [0.29, 0.717) is 12.1 Å². The summed E-state index contributed by atoms with van der Waals surface area (Å²) < 4.78 is 26.7. The molecule has 2 N–H and O–H groups in total. The lowest BCUT2D eigenvalue weighted by Gasteiger charge is -2.36. The van der Waals surface area contributed by atoms with Crippen molar-refractivity contribution in [1.82, 2.24) is 10.6 Å². The van der Waals surface area contributed by atoms with Gasteiger partial charge < -0.3 is 15.5 Å². The highest BCUT2D eigenvalue weighted by Gasteiger charge is 2.27. The maximum Gasteiger partial charge on any atom is 0.322 e. The Labute approximate surface area is 162 Å². The minimum Gasteiger partial charge on any atom is -0.369 e.